The average molecular weight is 242 g/mol. The Morgan fingerprint density at radius 2 is 2.06 bits per heavy atom. The number of nitrogens with zero attached hydrogens (tertiary/aromatic N) is 1. The molecule has 96 valence electrons. The Morgan fingerprint density at radius 1 is 1.22 bits per heavy atom. The van der Waals surface area contributed by atoms with Gasteiger partial charge in [0, 0.05) is 18.8 Å². The molecule has 1 aliphatic rings. The third-order valence-corrected chi connectivity index (χ3v) is 4.11. The lowest BCUT2D eigenvalue weighted by molar-refractivity contribution is 0.534. The SMILES string of the molecule is CCNCc1cccc2ccn(C3CCCC3)c12. The van der Waals surface area contributed by atoms with Gasteiger partial charge in [-0.15, -0.1) is 0 Å². The zero-order valence-corrected chi connectivity index (χ0v) is 11.2. The van der Waals surface area contributed by atoms with Crippen molar-refractivity contribution in [2.75, 3.05) is 6.54 Å². The second-order valence-corrected chi connectivity index (χ2v) is 5.30. The number of hydrogen-bond donors (Lipinski definition) is 1. The van der Waals surface area contributed by atoms with Gasteiger partial charge in [0.15, 0.2) is 0 Å². The summed E-state index contributed by atoms with van der Waals surface area (Å²) in [5.74, 6) is 0. The van der Waals surface area contributed by atoms with Crippen LogP contribution in [-0.4, -0.2) is 11.1 Å². The molecule has 2 heteroatoms. The fraction of sp³-hybridized carbons (Fsp3) is 0.500. The van der Waals surface area contributed by atoms with Crippen molar-refractivity contribution in [1.29, 1.82) is 0 Å². The molecule has 0 unspecified atom stereocenters. The summed E-state index contributed by atoms with van der Waals surface area (Å²) in [6, 6.07) is 9.66. The van der Waals surface area contributed by atoms with Gasteiger partial charge in [0.25, 0.3) is 0 Å². The number of aromatic nitrogens is 1. The van der Waals surface area contributed by atoms with Crippen LogP contribution in [0.25, 0.3) is 10.9 Å². The molecule has 1 heterocycles. The zero-order valence-electron chi connectivity index (χ0n) is 11.2. The third-order valence-electron chi connectivity index (χ3n) is 4.11. The van der Waals surface area contributed by atoms with E-state index in [1.165, 1.54) is 42.1 Å². The Morgan fingerprint density at radius 3 is 2.83 bits per heavy atom. The lowest BCUT2D eigenvalue weighted by atomic mass is 10.1. The standard InChI is InChI=1S/C16H22N2/c1-2-17-12-14-7-5-6-13-10-11-18(16(13)14)15-8-3-4-9-15/h5-7,10-11,15,17H,2-4,8-9,12H2,1H3. The number of nitrogens with one attached hydrogen (secondary N) is 1. The first-order valence-electron chi connectivity index (χ1n) is 7.19. The number of para-hydroxylation sites is 1. The highest BCUT2D eigenvalue weighted by molar-refractivity contribution is 5.83. The molecule has 1 aromatic heterocycles. The molecule has 0 saturated heterocycles. The van der Waals surface area contributed by atoms with Crippen molar-refractivity contribution >= 4 is 10.9 Å². The summed E-state index contributed by atoms with van der Waals surface area (Å²) in [5, 5.41) is 4.84. The van der Waals surface area contributed by atoms with E-state index in [2.05, 4.69) is 47.3 Å². The Balaban J connectivity index is 2.03. The van der Waals surface area contributed by atoms with E-state index in [9.17, 15) is 0 Å². The van der Waals surface area contributed by atoms with Crippen LogP contribution in [0.2, 0.25) is 0 Å². The molecule has 1 fully saturated rings. The zero-order chi connectivity index (χ0) is 12.4. The minimum atomic E-state index is 0.727. The van der Waals surface area contributed by atoms with Crippen LogP contribution in [-0.2, 0) is 6.54 Å². The van der Waals surface area contributed by atoms with Crippen molar-refractivity contribution < 1.29 is 0 Å². The Kier molecular flexibility index (Phi) is 3.37. The van der Waals surface area contributed by atoms with Crippen molar-refractivity contribution in [3.63, 3.8) is 0 Å². The molecule has 1 saturated carbocycles. The van der Waals surface area contributed by atoms with E-state index in [1.807, 2.05) is 0 Å². The maximum absolute atomic E-state index is 3.45. The van der Waals surface area contributed by atoms with E-state index >= 15 is 0 Å². The summed E-state index contributed by atoms with van der Waals surface area (Å²) in [6.07, 6.45) is 7.76. The Bertz CT molecular complexity index is 521. The van der Waals surface area contributed by atoms with Crippen LogP contribution < -0.4 is 5.32 Å². The first-order chi connectivity index (χ1) is 8.90. The van der Waals surface area contributed by atoms with Crippen LogP contribution in [0.5, 0.6) is 0 Å². The fourth-order valence-corrected chi connectivity index (χ4v) is 3.18. The molecule has 1 aromatic carbocycles. The van der Waals surface area contributed by atoms with E-state index in [0.717, 1.165) is 19.1 Å². The molecule has 0 spiro atoms. The monoisotopic (exact) mass is 242 g/mol. The molecule has 1 aliphatic carbocycles. The minimum Gasteiger partial charge on any atom is -0.344 e. The topological polar surface area (TPSA) is 17.0 Å². The Labute approximate surface area is 109 Å². The van der Waals surface area contributed by atoms with Gasteiger partial charge in [-0.05, 0) is 36.4 Å². The van der Waals surface area contributed by atoms with Gasteiger partial charge in [-0.1, -0.05) is 38.0 Å². The summed E-state index contributed by atoms with van der Waals surface area (Å²) in [7, 11) is 0. The lowest BCUT2D eigenvalue weighted by Crippen LogP contribution is -2.13. The molecular weight excluding hydrogens is 220 g/mol. The number of hydrogen-bond acceptors (Lipinski definition) is 1. The van der Waals surface area contributed by atoms with Crippen LogP contribution in [0.1, 0.15) is 44.2 Å². The van der Waals surface area contributed by atoms with Gasteiger partial charge in [0.1, 0.15) is 0 Å². The highest BCUT2D eigenvalue weighted by atomic mass is 15.0. The van der Waals surface area contributed by atoms with Crippen LogP contribution in [0.3, 0.4) is 0 Å². The first kappa shape index (κ1) is 11.8. The van der Waals surface area contributed by atoms with Gasteiger partial charge in [0.2, 0.25) is 0 Å². The summed E-state index contributed by atoms with van der Waals surface area (Å²) < 4.78 is 2.52. The summed E-state index contributed by atoms with van der Waals surface area (Å²) in [4.78, 5) is 0. The highest BCUT2D eigenvalue weighted by Crippen LogP contribution is 2.33. The third kappa shape index (κ3) is 2.05. The number of fused-ring (bicyclic) bond motifs is 1. The maximum Gasteiger partial charge on any atom is 0.0528 e. The van der Waals surface area contributed by atoms with Crippen molar-refractivity contribution in [3.8, 4) is 0 Å². The van der Waals surface area contributed by atoms with E-state index in [0.29, 0.717) is 0 Å². The van der Waals surface area contributed by atoms with Crippen molar-refractivity contribution in [2.45, 2.75) is 45.2 Å². The number of benzene rings is 1. The molecule has 0 radical (unpaired) electrons. The Hall–Kier alpha value is -1.28. The van der Waals surface area contributed by atoms with Crippen molar-refractivity contribution in [3.05, 3.63) is 36.0 Å². The van der Waals surface area contributed by atoms with Crippen molar-refractivity contribution in [2.24, 2.45) is 0 Å². The quantitative estimate of drug-likeness (QED) is 0.861. The molecule has 18 heavy (non-hydrogen) atoms. The predicted molar refractivity (Wildman–Crippen MR) is 76.8 cm³/mol. The van der Waals surface area contributed by atoms with E-state index in [-0.39, 0.29) is 0 Å². The molecule has 2 aromatic rings. The van der Waals surface area contributed by atoms with E-state index < -0.39 is 0 Å². The molecule has 2 nitrogen and oxygen atoms in total. The molecule has 0 bridgehead atoms. The van der Waals surface area contributed by atoms with Crippen LogP contribution in [0.4, 0.5) is 0 Å². The summed E-state index contributed by atoms with van der Waals surface area (Å²) in [6.45, 7) is 4.17. The van der Waals surface area contributed by atoms with Crippen LogP contribution in [0.15, 0.2) is 30.5 Å². The summed E-state index contributed by atoms with van der Waals surface area (Å²) >= 11 is 0. The van der Waals surface area contributed by atoms with E-state index in [4.69, 9.17) is 0 Å². The fourth-order valence-electron chi connectivity index (χ4n) is 3.18. The largest absolute Gasteiger partial charge is 0.344 e. The van der Waals surface area contributed by atoms with Crippen molar-refractivity contribution in [1.82, 2.24) is 9.88 Å². The molecule has 0 amide bonds. The van der Waals surface area contributed by atoms with Gasteiger partial charge < -0.3 is 9.88 Å². The van der Waals surface area contributed by atoms with Gasteiger partial charge in [-0.3, -0.25) is 0 Å². The predicted octanol–water partition coefficient (Wildman–Crippen LogP) is 3.87. The molecule has 0 atom stereocenters. The summed E-state index contributed by atoms with van der Waals surface area (Å²) in [5.41, 5.74) is 2.89. The number of rotatable bonds is 4. The van der Waals surface area contributed by atoms with Gasteiger partial charge in [-0.25, -0.2) is 0 Å². The van der Waals surface area contributed by atoms with Crippen LogP contribution in [0, 0.1) is 0 Å². The smallest absolute Gasteiger partial charge is 0.0528 e. The van der Waals surface area contributed by atoms with Gasteiger partial charge in [-0.2, -0.15) is 0 Å². The maximum atomic E-state index is 3.45. The second kappa shape index (κ2) is 5.15. The lowest BCUT2D eigenvalue weighted by Gasteiger charge is -2.16. The highest BCUT2D eigenvalue weighted by Gasteiger charge is 2.19. The van der Waals surface area contributed by atoms with Gasteiger partial charge in [0.05, 0.1) is 5.52 Å². The van der Waals surface area contributed by atoms with Gasteiger partial charge >= 0.3 is 0 Å². The molecular formula is C16H22N2. The molecule has 3 rings (SSSR count). The second-order valence-electron chi connectivity index (χ2n) is 5.30. The molecule has 0 aliphatic heterocycles. The molecule has 1 N–H and O–H groups in total. The first-order valence-corrected chi connectivity index (χ1v) is 7.19. The van der Waals surface area contributed by atoms with E-state index in [1.54, 1.807) is 0 Å². The average Bonchev–Trinajstić information content (AvgIpc) is 3.04. The van der Waals surface area contributed by atoms with Crippen LogP contribution >= 0.6 is 0 Å². The normalized spacial score (nSPS) is 16.7. The minimum absolute atomic E-state index is 0.727.